The molecule has 1 amide bonds. The number of hydrogen-bond acceptors (Lipinski definition) is 6. The number of nitrogens with zero attached hydrogens (tertiary/aromatic N) is 2. The summed E-state index contributed by atoms with van der Waals surface area (Å²) in [6.07, 6.45) is 2.48. The van der Waals surface area contributed by atoms with E-state index >= 15 is 0 Å². The van der Waals surface area contributed by atoms with Crippen molar-refractivity contribution < 1.29 is 13.9 Å². The summed E-state index contributed by atoms with van der Waals surface area (Å²) < 4.78 is 11.3. The van der Waals surface area contributed by atoms with E-state index in [4.69, 9.17) is 20.8 Å². The summed E-state index contributed by atoms with van der Waals surface area (Å²) in [5.41, 5.74) is 1.73. The first kappa shape index (κ1) is 18.9. The van der Waals surface area contributed by atoms with Crippen LogP contribution in [0.5, 0.6) is 5.75 Å². The van der Waals surface area contributed by atoms with Gasteiger partial charge >= 0.3 is 6.01 Å². The molecule has 2 aromatic carbocycles. The third-order valence-electron chi connectivity index (χ3n) is 5.71. The molecule has 3 aromatic rings. The normalized spacial score (nSPS) is 23.8. The van der Waals surface area contributed by atoms with E-state index in [0.29, 0.717) is 22.7 Å². The lowest BCUT2D eigenvalue weighted by Gasteiger charge is -2.70. The number of hydrogen-bond donors (Lipinski definition) is 2. The van der Waals surface area contributed by atoms with Gasteiger partial charge in [-0.2, -0.15) is 0 Å². The predicted molar refractivity (Wildman–Crippen MR) is 112 cm³/mol. The molecule has 0 unspecified atom stereocenters. The van der Waals surface area contributed by atoms with Gasteiger partial charge in [-0.05, 0) is 62.6 Å². The Balaban J connectivity index is 1.11. The fourth-order valence-electron chi connectivity index (χ4n) is 4.38. The molecule has 3 saturated carbocycles. The maximum Gasteiger partial charge on any atom is 0.316 e. The van der Waals surface area contributed by atoms with Gasteiger partial charge in [-0.25, -0.2) is 0 Å². The summed E-state index contributed by atoms with van der Waals surface area (Å²) >= 11 is 5.91. The predicted octanol–water partition coefficient (Wildman–Crippen LogP) is 3.98. The van der Waals surface area contributed by atoms with E-state index in [0.717, 1.165) is 30.4 Å². The molecule has 0 spiro atoms. The average Bonchev–Trinajstić information content (AvgIpc) is 3.14. The van der Waals surface area contributed by atoms with E-state index in [2.05, 4.69) is 20.8 Å². The second-order valence-electron chi connectivity index (χ2n) is 8.29. The number of anilines is 1. The van der Waals surface area contributed by atoms with Gasteiger partial charge in [0.25, 0.3) is 5.91 Å². The van der Waals surface area contributed by atoms with Crippen molar-refractivity contribution >= 4 is 23.5 Å². The highest BCUT2D eigenvalue weighted by molar-refractivity contribution is 6.30. The summed E-state index contributed by atoms with van der Waals surface area (Å²) in [4.78, 5) is 12.3. The molecule has 0 aliphatic heterocycles. The third-order valence-corrected chi connectivity index (χ3v) is 5.97. The first-order chi connectivity index (χ1) is 14.4. The first-order valence-corrected chi connectivity index (χ1v) is 10.2. The van der Waals surface area contributed by atoms with Crippen molar-refractivity contribution in [2.45, 2.75) is 37.3 Å². The minimum absolute atomic E-state index is 0.0132. The molecule has 154 valence electrons. The minimum atomic E-state index is -0.153. The van der Waals surface area contributed by atoms with Gasteiger partial charge < -0.3 is 19.8 Å². The van der Waals surface area contributed by atoms with Crippen LogP contribution in [0.2, 0.25) is 5.02 Å². The van der Waals surface area contributed by atoms with Crippen LogP contribution in [0.25, 0.3) is 11.5 Å². The van der Waals surface area contributed by atoms with E-state index in [1.54, 1.807) is 12.1 Å². The van der Waals surface area contributed by atoms with E-state index in [-0.39, 0.29) is 23.6 Å². The van der Waals surface area contributed by atoms with Crippen molar-refractivity contribution in [2.24, 2.45) is 0 Å². The van der Waals surface area contributed by atoms with Crippen LogP contribution < -0.4 is 15.4 Å². The lowest BCUT2D eigenvalue weighted by molar-refractivity contribution is -0.135. The molecule has 3 aliphatic carbocycles. The van der Waals surface area contributed by atoms with Crippen LogP contribution >= 0.6 is 11.6 Å². The van der Waals surface area contributed by atoms with Crippen molar-refractivity contribution in [3.8, 4) is 17.2 Å². The Morgan fingerprint density at radius 3 is 2.47 bits per heavy atom. The molecule has 0 radical (unpaired) electrons. The van der Waals surface area contributed by atoms with Crippen molar-refractivity contribution in [3.05, 3.63) is 59.1 Å². The number of aromatic nitrogens is 2. The van der Waals surface area contributed by atoms with Gasteiger partial charge in [-0.15, -0.1) is 5.10 Å². The Bertz CT molecular complexity index is 1060. The van der Waals surface area contributed by atoms with Gasteiger partial charge in [0.05, 0.1) is 0 Å². The molecule has 0 saturated heterocycles. The molecule has 3 aliphatic rings. The van der Waals surface area contributed by atoms with Crippen LogP contribution in [0.1, 0.15) is 24.8 Å². The number of amides is 1. The van der Waals surface area contributed by atoms with Gasteiger partial charge in [-0.1, -0.05) is 34.4 Å². The highest BCUT2D eigenvalue weighted by Gasteiger charge is 2.69. The zero-order chi connectivity index (χ0) is 20.8. The summed E-state index contributed by atoms with van der Waals surface area (Å²) in [6, 6.07) is 15.3. The van der Waals surface area contributed by atoms with E-state index in [9.17, 15) is 4.79 Å². The topological polar surface area (TPSA) is 89.3 Å². The molecule has 2 bridgehead atoms. The fourth-order valence-corrected chi connectivity index (χ4v) is 4.50. The van der Waals surface area contributed by atoms with Crippen molar-refractivity contribution in [1.29, 1.82) is 0 Å². The molecular weight excluding hydrogens is 404 g/mol. The number of carbonyl (C=O) groups is 1. The second kappa shape index (κ2) is 7.02. The zero-order valence-corrected chi connectivity index (χ0v) is 17.2. The lowest BCUT2D eigenvalue weighted by atomic mass is 9.44. The molecule has 30 heavy (non-hydrogen) atoms. The largest absolute Gasteiger partial charge is 0.484 e. The molecule has 6 rings (SSSR count). The SMILES string of the molecule is Cc1ccc(OCC(=O)NC23CC(Nc4nnc(-c5ccc(Cl)cc5)o4)(C2)C3)cc1. The molecule has 1 aromatic heterocycles. The number of carbonyl (C=O) groups excluding carboxylic acids is 1. The first-order valence-electron chi connectivity index (χ1n) is 9.81. The second-order valence-corrected chi connectivity index (χ2v) is 8.72. The smallest absolute Gasteiger partial charge is 0.316 e. The molecule has 1 heterocycles. The maximum atomic E-state index is 12.3. The number of aryl methyl sites for hydroxylation is 1. The highest BCUT2D eigenvalue weighted by atomic mass is 35.5. The van der Waals surface area contributed by atoms with Crippen LogP contribution in [-0.4, -0.2) is 33.8 Å². The molecule has 7 nitrogen and oxygen atoms in total. The lowest BCUT2D eigenvalue weighted by Crippen LogP contribution is -2.81. The van der Waals surface area contributed by atoms with Crippen LogP contribution in [0.3, 0.4) is 0 Å². The van der Waals surface area contributed by atoms with Crippen LogP contribution in [-0.2, 0) is 4.79 Å². The quantitative estimate of drug-likeness (QED) is 0.596. The number of ether oxygens (including phenoxy) is 1. The Labute approximate surface area is 178 Å². The zero-order valence-electron chi connectivity index (χ0n) is 16.4. The van der Waals surface area contributed by atoms with Crippen molar-refractivity contribution in [3.63, 3.8) is 0 Å². The third kappa shape index (κ3) is 3.61. The summed E-state index contributed by atoms with van der Waals surface area (Å²) in [5, 5.41) is 15.3. The Morgan fingerprint density at radius 1 is 1.07 bits per heavy atom. The Morgan fingerprint density at radius 2 is 1.77 bits per heavy atom. The number of halogens is 1. The molecule has 2 N–H and O–H groups in total. The van der Waals surface area contributed by atoms with Crippen molar-refractivity contribution in [2.75, 3.05) is 11.9 Å². The van der Waals surface area contributed by atoms with Gasteiger partial charge in [0.2, 0.25) is 5.89 Å². The van der Waals surface area contributed by atoms with Gasteiger partial charge in [-0.3, -0.25) is 4.79 Å². The van der Waals surface area contributed by atoms with Gasteiger partial charge in [0.1, 0.15) is 5.75 Å². The summed E-state index contributed by atoms with van der Waals surface area (Å²) in [7, 11) is 0. The van der Waals surface area contributed by atoms with E-state index in [1.165, 1.54) is 0 Å². The van der Waals surface area contributed by atoms with Gasteiger partial charge in [0.15, 0.2) is 6.61 Å². The van der Waals surface area contributed by atoms with Gasteiger partial charge in [0, 0.05) is 21.7 Å². The van der Waals surface area contributed by atoms with E-state index < -0.39 is 0 Å². The molecule has 0 atom stereocenters. The van der Waals surface area contributed by atoms with Crippen LogP contribution in [0.4, 0.5) is 6.01 Å². The molecule has 8 heteroatoms. The monoisotopic (exact) mass is 424 g/mol. The maximum absolute atomic E-state index is 12.3. The Hall–Kier alpha value is -3.06. The molecule has 3 fully saturated rings. The number of nitrogens with one attached hydrogen (secondary N) is 2. The minimum Gasteiger partial charge on any atom is -0.484 e. The van der Waals surface area contributed by atoms with E-state index in [1.807, 2.05) is 43.3 Å². The van der Waals surface area contributed by atoms with Crippen LogP contribution in [0.15, 0.2) is 52.9 Å². The number of rotatable bonds is 7. The standard InChI is InChI=1S/C22H21ClN4O3/c1-14-2-8-17(9-3-14)29-10-18(28)24-21-11-22(12-21,13-21)25-20-27-26-19(30-20)15-4-6-16(23)7-5-15/h2-9H,10-13H2,1H3,(H,24,28)(H,25,27). The average molecular weight is 425 g/mol. The number of benzene rings is 2. The highest BCUT2D eigenvalue weighted by Crippen LogP contribution is 2.61. The van der Waals surface area contributed by atoms with Crippen LogP contribution in [0, 0.1) is 6.92 Å². The summed E-state index contributed by atoms with van der Waals surface area (Å²) in [6.45, 7) is 2.02. The molecular formula is C22H21ClN4O3. The summed E-state index contributed by atoms with van der Waals surface area (Å²) in [5.74, 6) is 1.03. The Kier molecular flexibility index (Phi) is 4.43. The van der Waals surface area contributed by atoms with Crippen molar-refractivity contribution in [1.82, 2.24) is 15.5 Å². The fraction of sp³-hybridized carbons (Fsp3) is 0.318.